The molecular weight excluding hydrogens is 104 g/mol. The summed E-state index contributed by atoms with van der Waals surface area (Å²) in [6.45, 7) is 2.51. The van der Waals surface area contributed by atoms with E-state index >= 15 is 0 Å². The number of amides is 2. The van der Waals surface area contributed by atoms with E-state index in [0.29, 0.717) is 6.54 Å². The molecule has 1 fully saturated rings. The Balaban J connectivity index is 2.44. The second-order valence-electron chi connectivity index (χ2n) is 1.90. The van der Waals surface area contributed by atoms with E-state index in [9.17, 15) is 4.79 Å². The van der Waals surface area contributed by atoms with Crippen LogP contribution in [0, 0.1) is 0 Å². The van der Waals surface area contributed by atoms with E-state index in [-0.39, 0.29) is 12.1 Å². The first-order valence-electron chi connectivity index (χ1n) is 3.25. The molecule has 0 radical (unpaired) electrons. The Bertz CT molecular complexity index is 128. The lowest BCUT2D eigenvalue weighted by Gasteiger charge is -2.00. The smallest absolute Gasteiger partial charge is 0.315 e. The number of hydrogen-bond donors (Lipinski definition) is 2. The molecule has 3 heteroatoms. The number of nitrogens with one attached hydrogen (secondary N) is 2. The van der Waals surface area contributed by atoms with Gasteiger partial charge in [0.25, 0.3) is 0 Å². The molecule has 1 aliphatic rings. The van der Waals surface area contributed by atoms with Crippen LogP contribution in [0.25, 0.3) is 0 Å². The van der Waals surface area contributed by atoms with E-state index in [1.54, 1.807) is 0 Å². The summed E-state index contributed by atoms with van der Waals surface area (Å²) in [6.07, 6.45) is 0.904. The summed E-state index contributed by atoms with van der Waals surface area (Å²) in [6, 6.07) is -0.0862. The maximum atomic E-state index is 10.6. The third-order valence-corrected chi connectivity index (χ3v) is 1.28. The van der Waals surface area contributed by atoms with Crippen LogP contribution in [0.5, 0.6) is 0 Å². The molecule has 1 saturated heterocycles. The predicted molar refractivity (Wildman–Crippen MR) is 30.6 cm³/mol. The van der Waals surface area contributed by atoms with Gasteiger partial charge in [-0.05, 0) is 6.42 Å². The lowest BCUT2D eigenvalue weighted by atomic mass is 10.2. The first-order valence-corrected chi connectivity index (χ1v) is 2.81. The summed E-state index contributed by atoms with van der Waals surface area (Å²) in [5.74, 6) is 0. The van der Waals surface area contributed by atoms with Crippen LogP contribution in [-0.4, -0.2) is 18.6 Å². The number of carbonyl (C=O) groups excluding carboxylic acids is 1. The zero-order chi connectivity index (χ0) is 6.85. The van der Waals surface area contributed by atoms with Gasteiger partial charge in [-0.15, -0.1) is 0 Å². The molecule has 1 rings (SSSR count). The first-order chi connectivity index (χ1) is 4.24. The van der Waals surface area contributed by atoms with Gasteiger partial charge in [0.05, 0.1) is 0 Å². The van der Waals surface area contributed by atoms with Crippen LogP contribution in [-0.2, 0) is 0 Å². The van der Waals surface area contributed by atoms with E-state index in [4.69, 9.17) is 1.41 Å². The van der Waals surface area contributed by atoms with Crippen molar-refractivity contribution in [3.63, 3.8) is 0 Å². The normalized spacial score (nSPS) is 30.1. The molecule has 1 heterocycles. The topological polar surface area (TPSA) is 41.1 Å². The molecular formula is C5H10N2O. The molecule has 1 aliphatic heterocycles. The van der Waals surface area contributed by atoms with Gasteiger partial charge in [0.15, 0.2) is 1.41 Å². The predicted octanol–water partition coefficient (Wildman–Crippen LogP) is 0.0778. The maximum absolute atomic E-state index is 10.6. The molecule has 1 atom stereocenters. The highest BCUT2D eigenvalue weighted by atomic mass is 16.2. The summed E-state index contributed by atoms with van der Waals surface area (Å²) in [5, 5.41) is 3.61. The van der Waals surface area contributed by atoms with E-state index in [0.717, 1.165) is 11.7 Å². The van der Waals surface area contributed by atoms with Crippen LogP contribution in [0.1, 0.15) is 13.3 Å². The number of hydrogen-bond acceptors (Lipinski definition) is 1. The zero-order valence-corrected chi connectivity index (χ0v) is 4.85. The van der Waals surface area contributed by atoms with Crippen LogP contribution >= 0.6 is 0 Å². The number of carbonyl (C=O) groups is 1. The van der Waals surface area contributed by atoms with Crippen molar-refractivity contribution in [1.82, 2.24) is 10.6 Å². The summed E-state index contributed by atoms with van der Waals surface area (Å²) in [4.78, 5) is 10.6. The quantitative estimate of drug-likeness (QED) is 0.499. The van der Waals surface area contributed by atoms with Crippen LogP contribution in [0.2, 0.25) is 1.41 Å². The molecule has 0 aliphatic carbocycles. The Morgan fingerprint density at radius 1 is 2.12 bits per heavy atom. The zero-order valence-electron chi connectivity index (χ0n) is 5.85. The molecule has 0 saturated carbocycles. The fourth-order valence-corrected chi connectivity index (χ4v) is 0.690. The SMILES string of the molecule is [2H]N1CC(CC)NC1=O. The highest BCUT2D eigenvalue weighted by Crippen LogP contribution is 1.93. The fraction of sp³-hybridized carbons (Fsp3) is 0.800. The van der Waals surface area contributed by atoms with Crippen molar-refractivity contribution in [3.8, 4) is 0 Å². The summed E-state index contributed by atoms with van der Waals surface area (Å²) < 4.78 is 6.99. The molecule has 0 aromatic heterocycles. The van der Waals surface area contributed by atoms with Gasteiger partial charge in [-0.25, -0.2) is 4.79 Å². The standard InChI is InChI=1S/C5H10N2O/c1-2-4-3-6-5(8)7-4/h4H,2-3H2,1H3,(H2,6,7,8)/i/hD. The van der Waals surface area contributed by atoms with E-state index in [1.165, 1.54) is 0 Å². The highest BCUT2D eigenvalue weighted by molar-refractivity contribution is 5.76. The van der Waals surface area contributed by atoms with Gasteiger partial charge in [-0.3, -0.25) is 0 Å². The van der Waals surface area contributed by atoms with Gasteiger partial charge in [0.1, 0.15) is 0 Å². The Labute approximate surface area is 49.9 Å². The lowest BCUT2D eigenvalue weighted by molar-refractivity contribution is 0.247. The molecule has 0 spiro atoms. The van der Waals surface area contributed by atoms with Crippen molar-refractivity contribution in [3.05, 3.63) is 0 Å². The highest BCUT2D eigenvalue weighted by Gasteiger charge is 2.16. The molecule has 0 aromatic rings. The maximum Gasteiger partial charge on any atom is 0.315 e. The average molecular weight is 115 g/mol. The Morgan fingerprint density at radius 3 is 3.12 bits per heavy atom. The minimum atomic E-state index is -0.276. The van der Waals surface area contributed by atoms with Gasteiger partial charge in [-0.2, -0.15) is 0 Å². The van der Waals surface area contributed by atoms with Gasteiger partial charge >= 0.3 is 6.03 Å². The number of urea groups is 1. The third-order valence-electron chi connectivity index (χ3n) is 1.28. The van der Waals surface area contributed by atoms with Crippen LogP contribution in [0.4, 0.5) is 4.79 Å². The number of rotatable bonds is 1. The van der Waals surface area contributed by atoms with Crippen LogP contribution in [0.3, 0.4) is 0 Å². The molecule has 0 aromatic carbocycles. The Kier molecular flexibility index (Phi) is 1.06. The second kappa shape index (κ2) is 2.03. The first kappa shape index (κ1) is 4.18. The van der Waals surface area contributed by atoms with Gasteiger partial charge in [-0.1, -0.05) is 6.92 Å². The summed E-state index contributed by atoms with van der Waals surface area (Å²) in [7, 11) is 0. The van der Waals surface area contributed by atoms with Gasteiger partial charge in [0.2, 0.25) is 0 Å². The van der Waals surface area contributed by atoms with Crippen molar-refractivity contribution in [2.45, 2.75) is 19.4 Å². The average Bonchev–Trinajstić information content (AvgIpc) is 2.13. The van der Waals surface area contributed by atoms with Crippen molar-refractivity contribution in [2.75, 3.05) is 6.54 Å². The minimum absolute atomic E-state index is 0.190. The van der Waals surface area contributed by atoms with E-state index in [1.807, 2.05) is 6.92 Å². The van der Waals surface area contributed by atoms with Crippen LogP contribution in [0.15, 0.2) is 0 Å². The molecule has 3 nitrogen and oxygen atoms in total. The molecule has 46 valence electrons. The van der Waals surface area contributed by atoms with Gasteiger partial charge in [0, 0.05) is 12.6 Å². The van der Waals surface area contributed by atoms with Crippen molar-refractivity contribution >= 4 is 6.03 Å². The molecule has 2 N–H and O–H groups in total. The largest absolute Gasteiger partial charge is 0.336 e. The van der Waals surface area contributed by atoms with Gasteiger partial charge < -0.3 is 10.6 Å². The molecule has 1 unspecified atom stereocenters. The third kappa shape index (κ3) is 0.911. The molecule has 0 bridgehead atoms. The fourth-order valence-electron chi connectivity index (χ4n) is 0.690. The Hall–Kier alpha value is -0.730. The van der Waals surface area contributed by atoms with E-state index in [2.05, 4.69) is 5.32 Å². The summed E-state index contributed by atoms with van der Waals surface area (Å²) >= 11 is 0. The van der Waals surface area contributed by atoms with Crippen molar-refractivity contribution < 1.29 is 6.21 Å². The van der Waals surface area contributed by atoms with E-state index < -0.39 is 0 Å². The Morgan fingerprint density at radius 2 is 2.88 bits per heavy atom. The lowest BCUT2D eigenvalue weighted by Crippen LogP contribution is -2.25. The summed E-state index contributed by atoms with van der Waals surface area (Å²) in [5.41, 5.74) is 0. The van der Waals surface area contributed by atoms with Crippen molar-refractivity contribution in [2.24, 2.45) is 0 Å². The minimum Gasteiger partial charge on any atom is -0.336 e. The molecule has 8 heavy (non-hydrogen) atoms. The monoisotopic (exact) mass is 115 g/mol. The molecule has 2 amide bonds. The van der Waals surface area contributed by atoms with Crippen LogP contribution < -0.4 is 10.6 Å². The van der Waals surface area contributed by atoms with Crippen molar-refractivity contribution in [1.29, 1.82) is 0 Å². The second-order valence-corrected chi connectivity index (χ2v) is 1.90.